The first-order chi connectivity index (χ1) is 6.31. The minimum Gasteiger partial charge on any atom is -0.364 e. The molecule has 0 radical (unpaired) electrons. The molecule has 0 aromatic carbocycles. The standard InChI is InChI=1S/C8H10F4O2/c1-3-6(13)5(2)14-4-8(11,12)7(9)10/h3,5,7H,1,4H2,2H3/t5-/m0/s1. The molecule has 0 amide bonds. The average Bonchev–Trinajstić information content (AvgIpc) is 2.12. The summed E-state index contributed by atoms with van der Waals surface area (Å²) in [4.78, 5) is 10.7. The second-order valence-corrected chi connectivity index (χ2v) is 2.62. The zero-order valence-corrected chi connectivity index (χ0v) is 7.47. The summed E-state index contributed by atoms with van der Waals surface area (Å²) < 4.78 is 52.0. The third kappa shape index (κ3) is 3.87. The van der Waals surface area contributed by atoms with E-state index < -0.39 is 30.8 Å². The number of alkyl halides is 4. The van der Waals surface area contributed by atoms with Crippen molar-refractivity contribution in [3.63, 3.8) is 0 Å². The maximum atomic E-state index is 12.3. The van der Waals surface area contributed by atoms with Gasteiger partial charge in [-0.05, 0) is 13.0 Å². The van der Waals surface area contributed by atoms with Gasteiger partial charge in [-0.3, -0.25) is 4.79 Å². The van der Waals surface area contributed by atoms with Crippen LogP contribution in [-0.2, 0) is 9.53 Å². The monoisotopic (exact) mass is 214 g/mol. The molecule has 0 aromatic rings. The molecule has 0 aromatic heterocycles. The Morgan fingerprint density at radius 3 is 2.43 bits per heavy atom. The molecule has 6 heteroatoms. The maximum absolute atomic E-state index is 12.3. The summed E-state index contributed by atoms with van der Waals surface area (Å²) >= 11 is 0. The lowest BCUT2D eigenvalue weighted by Crippen LogP contribution is -2.35. The Balaban J connectivity index is 4.05. The minimum absolute atomic E-state index is 0.630. The van der Waals surface area contributed by atoms with E-state index in [1.165, 1.54) is 6.92 Å². The first-order valence-electron chi connectivity index (χ1n) is 3.75. The van der Waals surface area contributed by atoms with Crippen LogP contribution in [0.4, 0.5) is 17.6 Å². The van der Waals surface area contributed by atoms with Crippen molar-refractivity contribution in [2.24, 2.45) is 0 Å². The van der Waals surface area contributed by atoms with Crippen LogP contribution < -0.4 is 0 Å². The van der Waals surface area contributed by atoms with Crippen molar-refractivity contribution in [1.82, 2.24) is 0 Å². The lowest BCUT2D eigenvalue weighted by Gasteiger charge is -2.17. The minimum atomic E-state index is -4.23. The van der Waals surface area contributed by atoms with E-state index in [-0.39, 0.29) is 0 Å². The second-order valence-electron chi connectivity index (χ2n) is 2.62. The van der Waals surface area contributed by atoms with E-state index >= 15 is 0 Å². The van der Waals surface area contributed by atoms with Crippen molar-refractivity contribution in [2.75, 3.05) is 6.61 Å². The Bertz CT molecular complexity index is 215. The molecule has 0 unspecified atom stereocenters. The molecule has 1 atom stereocenters. The molecular formula is C8H10F4O2. The highest BCUT2D eigenvalue weighted by Crippen LogP contribution is 2.23. The van der Waals surface area contributed by atoms with Crippen molar-refractivity contribution >= 4 is 5.78 Å². The zero-order valence-electron chi connectivity index (χ0n) is 7.47. The van der Waals surface area contributed by atoms with Crippen molar-refractivity contribution < 1.29 is 27.1 Å². The molecule has 0 heterocycles. The summed E-state index contributed by atoms with van der Waals surface area (Å²) in [5, 5.41) is 0. The van der Waals surface area contributed by atoms with E-state index in [4.69, 9.17) is 0 Å². The molecule has 14 heavy (non-hydrogen) atoms. The van der Waals surface area contributed by atoms with Crippen molar-refractivity contribution in [3.8, 4) is 0 Å². The van der Waals surface area contributed by atoms with E-state index in [0.717, 1.165) is 6.08 Å². The van der Waals surface area contributed by atoms with Crippen LogP contribution in [0.3, 0.4) is 0 Å². The molecule has 0 N–H and O–H groups in total. The Hall–Kier alpha value is -0.910. The van der Waals surface area contributed by atoms with Gasteiger partial charge in [0.1, 0.15) is 12.7 Å². The number of hydrogen-bond acceptors (Lipinski definition) is 2. The fourth-order valence-corrected chi connectivity index (χ4v) is 0.547. The summed E-state index contributed by atoms with van der Waals surface area (Å²) in [6.07, 6.45) is -4.10. The van der Waals surface area contributed by atoms with E-state index in [1.54, 1.807) is 0 Å². The van der Waals surface area contributed by atoms with Gasteiger partial charge in [0.2, 0.25) is 0 Å². The number of hydrogen-bond donors (Lipinski definition) is 0. The van der Waals surface area contributed by atoms with E-state index in [1.807, 2.05) is 0 Å². The summed E-state index contributed by atoms with van der Waals surface area (Å²) in [6, 6.07) is 0. The highest BCUT2D eigenvalue weighted by molar-refractivity contribution is 5.92. The molecule has 0 spiro atoms. The molecule has 0 aliphatic rings. The third-order valence-electron chi connectivity index (χ3n) is 1.45. The highest BCUT2D eigenvalue weighted by Gasteiger charge is 2.41. The highest BCUT2D eigenvalue weighted by atomic mass is 19.3. The quantitative estimate of drug-likeness (QED) is 0.499. The third-order valence-corrected chi connectivity index (χ3v) is 1.45. The number of rotatable bonds is 6. The first kappa shape index (κ1) is 13.1. The van der Waals surface area contributed by atoms with Crippen molar-refractivity contribution in [1.29, 1.82) is 0 Å². The van der Waals surface area contributed by atoms with Gasteiger partial charge in [-0.1, -0.05) is 6.58 Å². The van der Waals surface area contributed by atoms with Gasteiger partial charge in [0.05, 0.1) is 0 Å². The van der Waals surface area contributed by atoms with E-state index in [9.17, 15) is 22.4 Å². The Morgan fingerprint density at radius 1 is 1.57 bits per heavy atom. The van der Waals surface area contributed by atoms with Gasteiger partial charge in [0.25, 0.3) is 0 Å². The van der Waals surface area contributed by atoms with Crippen LogP contribution in [0.5, 0.6) is 0 Å². The van der Waals surface area contributed by atoms with Crippen LogP contribution in [-0.4, -0.2) is 30.8 Å². The molecule has 0 aliphatic carbocycles. The summed E-state index contributed by atoms with van der Waals surface area (Å²) in [6.45, 7) is 2.80. The average molecular weight is 214 g/mol. The Labute approximate surface area is 78.5 Å². The van der Waals surface area contributed by atoms with Crippen LogP contribution in [0.2, 0.25) is 0 Å². The van der Waals surface area contributed by atoms with Crippen molar-refractivity contribution in [3.05, 3.63) is 12.7 Å². The van der Waals surface area contributed by atoms with Crippen LogP contribution in [0, 0.1) is 0 Å². The topological polar surface area (TPSA) is 26.3 Å². The molecule has 0 aliphatic heterocycles. The van der Waals surface area contributed by atoms with Gasteiger partial charge in [0, 0.05) is 0 Å². The number of halogens is 4. The van der Waals surface area contributed by atoms with Crippen LogP contribution in [0.1, 0.15) is 6.92 Å². The molecule has 0 bridgehead atoms. The second kappa shape index (κ2) is 5.09. The first-order valence-corrected chi connectivity index (χ1v) is 3.75. The van der Waals surface area contributed by atoms with E-state index in [0.29, 0.717) is 0 Å². The maximum Gasteiger partial charge on any atom is 0.330 e. The number of carbonyl (C=O) groups excluding carboxylic acids is 1. The van der Waals surface area contributed by atoms with E-state index in [2.05, 4.69) is 11.3 Å². The van der Waals surface area contributed by atoms with Crippen LogP contribution in [0.25, 0.3) is 0 Å². The lowest BCUT2D eigenvalue weighted by atomic mass is 10.2. The summed E-state index contributed by atoms with van der Waals surface area (Å²) in [7, 11) is 0. The molecule has 0 saturated heterocycles. The smallest absolute Gasteiger partial charge is 0.330 e. The molecule has 0 saturated carbocycles. The van der Waals surface area contributed by atoms with Crippen molar-refractivity contribution in [2.45, 2.75) is 25.4 Å². The Kier molecular flexibility index (Phi) is 4.76. The molecule has 0 rings (SSSR count). The fraction of sp³-hybridized carbons (Fsp3) is 0.625. The van der Waals surface area contributed by atoms with Gasteiger partial charge < -0.3 is 4.74 Å². The molecule has 2 nitrogen and oxygen atoms in total. The Morgan fingerprint density at radius 2 is 2.07 bits per heavy atom. The zero-order chi connectivity index (χ0) is 11.4. The van der Waals surface area contributed by atoms with Crippen LogP contribution in [0.15, 0.2) is 12.7 Å². The summed E-state index contributed by atoms with van der Waals surface area (Å²) in [5.41, 5.74) is 0. The lowest BCUT2D eigenvalue weighted by molar-refractivity contribution is -0.176. The molecule has 82 valence electrons. The molecular weight excluding hydrogens is 204 g/mol. The van der Waals surface area contributed by atoms with Gasteiger partial charge in [-0.2, -0.15) is 8.78 Å². The van der Waals surface area contributed by atoms with Gasteiger partial charge in [-0.25, -0.2) is 8.78 Å². The number of ether oxygens (including phenoxy) is 1. The summed E-state index contributed by atoms with van der Waals surface area (Å²) in [5.74, 6) is -4.86. The molecule has 0 fully saturated rings. The van der Waals surface area contributed by atoms with Gasteiger partial charge in [-0.15, -0.1) is 0 Å². The normalized spacial score (nSPS) is 14.1. The largest absolute Gasteiger partial charge is 0.364 e. The van der Waals surface area contributed by atoms with Gasteiger partial charge in [0.15, 0.2) is 5.78 Å². The number of ketones is 1. The predicted octanol–water partition coefficient (Wildman–Crippen LogP) is 2.05. The van der Waals surface area contributed by atoms with Crippen LogP contribution >= 0.6 is 0 Å². The number of carbonyl (C=O) groups is 1. The predicted molar refractivity (Wildman–Crippen MR) is 41.6 cm³/mol. The fourth-order valence-electron chi connectivity index (χ4n) is 0.547. The van der Waals surface area contributed by atoms with Gasteiger partial charge >= 0.3 is 12.3 Å². The SMILES string of the molecule is C=CC(=O)[C@H](C)OCC(F)(F)C(F)F.